The van der Waals surface area contributed by atoms with Gasteiger partial charge in [-0.05, 0) is 25.4 Å². The Bertz CT molecular complexity index is 394. The molecule has 1 aliphatic rings. The van der Waals surface area contributed by atoms with Crippen molar-refractivity contribution in [2.45, 2.75) is 12.8 Å². The molecule has 0 aromatic carbocycles. The molecule has 1 aliphatic heterocycles. The van der Waals surface area contributed by atoms with Crippen molar-refractivity contribution in [3.8, 4) is 0 Å². The molecule has 0 unspecified atom stereocenters. The van der Waals surface area contributed by atoms with Gasteiger partial charge in [0.1, 0.15) is 6.61 Å². The van der Waals surface area contributed by atoms with Crippen molar-refractivity contribution in [1.29, 1.82) is 0 Å². The molecule has 108 valence electrons. The average Bonchev–Trinajstić information content (AvgIpc) is 2.53. The van der Waals surface area contributed by atoms with Gasteiger partial charge < -0.3 is 14.6 Å². The zero-order valence-corrected chi connectivity index (χ0v) is 10.9. The minimum absolute atomic E-state index is 0.145. The molecular formula is C13H21NO5. The average molecular weight is 273 g/mol. The quantitative estimate of drug-likeness (QED) is 0.374. The first-order valence-electron chi connectivity index (χ1n) is 7.35. The number of esters is 1. The topological polar surface area (TPSA) is 76.1 Å². The number of ether oxygens (including phenoxy) is 2. The van der Waals surface area contributed by atoms with Crippen molar-refractivity contribution >= 4 is 11.8 Å². The third-order valence-electron chi connectivity index (χ3n) is 2.65. The lowest BCUT2D eigenvalue weighted by molar-refractivity contribution is -0.138. The van der Waals surface area contributed by atoms with Gasteiger partial charge in [-0.15, -0.1) is 0 Å². The van der Waals surface area contributed by atoms with Crippen LogP contribution in [0, 0.1) is 0 Å². The minimum Gasteiger partial charge on any atom is -0.463 e. The second kappa shape index (κ2) is 9.66. The third kappa shape index (κ3) is 7.71. The summed E-state index contributed by atoms with van der Waals surface area (Å²) >= 11 is 0. The Morgan fingerprint density at radius 1 is 1.32 bits per heavy atom. The molecule has 1 heterocycles. The molecule has 1 saturated heterocycles. The van der Waals surface area contributed by atoms with E-state index in [1.54, 1.807) is 0 Å². The van der Waals surface area contributed by atoms with Gasteiger partial charge in [0.05, 0.1) is 22.6 Å². The van der Waals surface area contributed by atoms with Crippen LogP contribution in [0.3, 0.4) is 0 Å². The Hall–Kier alpha value is -1.24. The van der Waals surface area contributed by atoms with Gasteiger partial charge in [0.15, 0.2) is 5.78 Å². The molecule has 0 radical (unpaired) electrons. The summed E-state index contributed by atoms with van der Waals surface area (Å²) in [6.45, 7) is 3.45. The van der Waals surface area contributed by atoms with Crippen LogP contribution in [0.5, 0.6) is 0 Å². The van der Waals surface area contributed by atoms with Crippen LogP contribution in [0.15, 0.2) is 12.1 Å². The van der Waals surface area contributed by atoms with Gasteiger partial charge in [0.2, 0.25) is 0 Å². The Morgan fingerprint density at radius 3 is 2.74 bits per heavy atom. The Balaban J connectivity index is 2.19. The van der Waals surface area contributed by atoms with Crippen molar-refractivity contribution < 1.29 is 26.9 Å². The van der Waals surface area contributed by atoms with Crippen LogP contribution in [0.2, 0.25) is 0 Å². The highest BCUT2D eigenvalue weighted by molar-refractivity contribution is 5.96. The number of carbonyl (C=O) groups is 2. The lowest BCUT2D eigenvalue weighted by Gasteiger charge is -2.26. The van der Waals surface area contributed by atoms with E-state index in [2.05, 4.69) is 4.90 Å². The van der Waals surface area contributed by atoms with Crippen molar-refractivity contribution in [3.63, 3.8) is 0 Å². The largest absolute Gasteiger partial charge is 0.463 e. The highest BCUT2D eigenvalue weighted by atomic mass is 16.5. The fraction of sp³-hybridized carbons (Fsp3) is 0.692. The van der Waals surface area contributed by atoms with E-state index in [-0.39, 0.29) is 6.61 Å². The van der Waals surface area contributed by atoms with E-state index < -0.39 is 30.5 Å². The van der Waals surface area contributed by atoms with E-state index in [4.69, 9.17) is 17.3 Å². The van der Waals surface area contributed by atoms with Crippen molar-refractivity contribution in [2.75, 3.05) is 46.1 Å². The Kier molecular flexibility index (Phi) is 6.50. The van der Waals surface area contributed by atoms with Crippen LogP contribution in [-0.2, 0) is 19.1 Å². The third-order valence-corrected chi connectivity index (χ3v) is 2.65. The summed E-state index contributed by atoms with van der Waals surface area (Å²) in [5, 5.41) is 8.55. The van der Waals surface area contributed by atoms with Gasteiger partial charge in [-0.1, -0.05) is 0 Å². The summed E-state index contributed by atoms with van der Waals surface area (Å²) in [6.07, 6.45) is 1.51. The molecule has 0 aromatic heterocycles. The fourth-order valence-electron chi connectivity index (χ4n) is 1.62. The predicted molar refractivity (Wildman–Crippen MR) is 68.7 cm³/mol. The van der Waals surface area contributed by atoms with E-state index in [1.807, 2.05) is 0 Å². The molecule has 1 rings (SSSR count). The second-order valence-corrected chi connectivity index (χ2v) is 4.13. The Labute approximate surface area is 115 Å². The van der Waals surface area contributed by atoms with Gasteiger partial charge in [-0.25, -0.2) is 4.79 Å². The van der Waals surface area contributed by atoms with Crippen LogP contribution in [0.1, 0.15) is 15.6 Å². The van der Waals surface area contributed by atoms with E-state index in [0.29, 0.717) is 6.42 Å². The van der Waals surface area contributed by atoms with Crippen LogP contribution in [0.25, 0.3) is 0 Å². The molecule has 0 aliphatic carbocycles. The van der Waals surface area contributed by atoms with Gasteiger partial charge in [-0.3, -0.25) is 9.69 Å². The molecule has 0 saturated carbocycles. The van der Waals surface area contributed by atoms with E-state index in [1.165, 1.54) is 0 Å². The van der Waals surface area contributed by atoms with Gasteiger partial charge in [-0.2, -0.15) is 0 Å². The standard InChI is InChI=1S/C13H21NO5/c15-11-12(16)3-4-13(17)19-8-2-1-5-14-6-9-18-10-7-14/h3-4,15H,1-2,5-11H2/b4-3+/i3D,4D. The van der Waals surface area contributed by atoms with Crippen molar-refractivity contribution in [3.05, 3.63) is 12.1 Å². The highest BCUT2D eigenvalue weighted by Gasteiger charge is 2.09. The van der Waals surface area contributed by atoms with Crippen LogP contribution < -0.4 is 0 Å². The summed E-state index contributed by atoms with van der Waals surface area (Å²) in [5.41, 5.74) is 0. The second-order valence-electron chi connectivity index (χ2n) is 4.13. The first-order valence-corrected chi connectivity index (χ1v) is 6.35. The van der Waals surface area contributed by atoms with Crippen LogP contribution in [0.4, 0.5) is 0 Å². The number of carbonyl (C=O) groups excluding carboxylic acids is 2. The number of aliphatic hydroxyl groups is 1. The molecule has 1 fully saturated rings. The lowest BCUT2D eigenvalue weighted by Crippen LogP contribution is -2.36. The summed E-state index contributed by atoms with van der Waals surface area (Å²) in [4.78, 5) is 24.7. The molecule has 1 N–H and O–H groups in total. The molecule has 0 amide bonds. The number of nitrogens with zero attached hydrogens (tertiary/aromatic N) is 1. The smallest absolute Gasteiger partial charge is 0.330 e. The molecule has 0 bridgehead atoms. The van der Waals surface area contributed by atoms with Crippen molar-refractivity contribution in [1.82, 2.24) is 4.90 Å². The number of rotatable bonds is 8. The number of ketones is 1. The van der Waals surface area contributed by atoms with Gasteiger partial charge in [0, 0.05) is 19.1 Å². The molecule has 0 spiro atoms. The maximum Gasteiger partial charge on any atom is 0.330 e. The van der Waals surface area contributed by atoms with Gasteiger partial charge in [0.25, 0.3) is 0 Å². The van der Waals surface area contributed by atoms with E-state index in [9.17, 15) is 9.59 Å². The van der Waals surface area contributed by atoms with Crippen molar-refractivity contribution in [2.24, 2.45) is 0 Å². The number of morpholine rings is 1. The van der Waals surface area contributed by atoms with Crippen LogP contribution in [-0.4, -0.2) is 67.8 Å². The van der Waals surface area contributed by atoms with Crippen LogP contribution >= 0.6 is 0 Å². The van der Waals surface area contributed by atoms with E-state index >= 15 is 0 Å². The number of aliphatic hydroxyl groups excluding tert-OH is 1. The molecule has 6 heteroatoms. The van der Waals surface area contributed by atoms with E-state index in [0.717, 1.165) is 39.3 Å². The zero-order valence-electron chi connectivity index (χ0n) is 12.9. The highest BCUT2D eigenvalue weighted by Crippen LogP contribution is 2.00. The zero-order chi connectivity index (χ0) is 15.7. The summed E-state index contributed by atoms with van der Waals surface area (Å²) < 4.78 is 24.6. The number of hydrogen-bond donors (Lipinski definition) is 1. The lowest BCUT2D eigenvalue weighted by atomic mass is 10.3. The number of unbranched alkanes of at least 4 members (excludes halogenated alkanes) is 1. The monoisotopic (exact) mass is 273 g/mol. The first-order chi connectivity index (χ1) is 10.1. The molecule has 6 nitrogen and oxygen atoms in total. The minimum atomic E-state index is -1.01. The molecule has 19 heavy (non-hydrogen) atoms. The molecule has 0 aromatic rings. The molecule has 0 atom stereocenters. The predicted octanol–water partition coefficient (Wildman–Crippen LogP) is -0.240. The maximum atomic E-state index is 11.4. The maximum absolute atomic E-state index is 11.4. The fourth-order valence-corrected chi connectivity index (χ4v) is 1.62. The normalized spacial score (nSPS) is 19.2. The summed E-state index contributed by atoms with van der Waals surface area (Å²) in [6, 6.07) is -1.64. The summed E-state index contributed by atoms with van der Waals surface area (Å²) in [5.74, 6) is -1.97. The number of hydrogen-bond acceptors (Lipinski definition) is 6. The molecular weight excluding hydrogens is 250 g/mol. The Morgan fingerprint density at radius 2 is 2.05 bits per heavy atom. The first kappa shape index (κ1) is 12.8. The summed E-state index contributed by atoms with van der Waals surface area (Å²) in [7, 11) is 0. The van der Waals surface area contributed by atoms with Gasteiger partial charge >= 0.3 is 5.97 Å². The SMILES string of the molecule is [2H]/C(C(=O)CO)=C(/[2H])C(=O)OCCCCN1CCOCC1.